The van der Waals surface area contributed by atoms with Gasteiger partial charge >= 0.3 is 10.0 Å². The first-order valence-electron chi connectivity index (χ1n) is 6.39. The van der Waals surface area contributed by atoms with E-state index in [1.165, 1.54) is 16.3 Å². The Hall–Kier alpha value is -1.16. The van der Waals surface area contributed by atoms with Crippen LogP contribution in [0, 0.1) is 6.92 Å². The average molecular weight is 262 g/mol. The minimum atomic E-state index is -0.589. The number of aryl methyl sites for hydroxylation is 1. The molecule has 0 fully saturated rings. The van der Waals surface area contributed by atoms with Gasteiger partial charge in [0.15, 0.2) is 0 Å². The van der Waals surface area contributed by atoms with E-state index in [9.17, 15) is 0 Å². The Balaban J connectivity index is 0.000000203. The van der Waals surface area contributed by atoms with Gasteiger partial charge < -0.3 is 8.85 Å². The van der Waals surface area contributed by atoms with E-state index in [0.29, 0.717) is 0 Å². The van der Waals surface area contributed by atoms with Crippen molar-refractivity contribution in [1.82, 2.24) is 0 Å². The van der Waals surface area contributed by atoms with Gasteiger partial charge in [-0.25, -0.2) is 0 Å². The minimum Gasteiger partial charge on any atom is -0.399 e. The number of rotatable bonds is 4. The third kappa shape index (κ3) is 5.00. The van der Waals surface area contributed by atoms with Crippen LogP contribution in [0.2, 0.25) is 0 Å². The lowest BCUT2D eigenvalue weighted by Gasteiger charge is -1.98. The third-order valence-electron chi connectivity index (χ3n) is 2.58. The molecule has 0 aliphatic carbocycles. The molecule has 0 heterocycles. The van der Waals surface area contributed by atoms with E-state index in [1.807, 2.05) is 13.8 Å². The summed E-state index contributed by atoms with van der Waals surface area (Å²) in [5.41, 5.74) is 1.35. The van der Waals surface area contributed by atoms with Crippen LogP contribution in [0.5, 0.6) is 0 Å². The maximum Gasteiger partial charge on any atom is 0.304 e. The molecule has 0 spiro atoms. The molecular weight excluding hydrogens is 240 g/mol. The molecule has 0 aliphatic rings. The molecular formula is C15H22O2Si. The van der Waals surface area contributed by atoms with Crippen molar-refractivity contribution in [3.63, 3.8) is 0 Å². The maximum absolute atomic E-state index is 4.99. The van der Waals surface area contributed by atoms with Crippen molar-refractivity contribution in [2.75, 3.05) is 13.2 Å². The summed E-state index contributed by atoms with van der Waals surface area (Å²) < 4.78 is 9.98. The molecule has 2 aromatic carbocycles. The van der Waals surface area contributed by atoms with Crippen LogP contribution in [0.4, 0.5) is 0 Å². The number of benzene rings is 2. The summed E-state index contributed by atoms with van der Waals surface area (Å²) in [7, 11) is -0.589. The first kappa shape index (κ1) is 14.9. The molecule has 0 aromatic heterocycles. The summed E-state index contributed by atoms with van der Waals surface area (Å²) in [5.74, 6) is 0. The topological polar surface area (TPSA) is 18.5 Å². The van der Waals surface area contributed by atoms with Crippen LogP contribution in [0.1, 0.15) is 19.4 Å². The molecule has 0 bridgehead atoms. The largest absolute Gasteiger partial charge is 0.399 e. The molecule has 18 heavy (non-hydrogen) atoms. The monoisotopic (exact) mass is 262 g/mol. The Kier molecular flexibility index (Phi) is 7.33. The second kappa shape index (κ2) is 8.86. The Morgan fingerprint density at radius 2 is 1.50 bits per heavy atom. The number of hydrogen-bond donors (Lipinski definition) is 0. The van der Waals surface area contributed by atoms with Gasteiger partial charge in [-0.1, -0.05) is 42.5 Å². The van der Waals surface area contributed by atoms with E-state index in [4.69, 9.17) is 8.85 Å². The lowest BCUT2D eigenvalue weighted by molar-refractivity contribution is 0.240. The van der Waals surface area contributed by atoms with Gasteiger partial charge in [0.1, 0.15) is 0 Å². The summed E-state index contributed by atoms with van der Waals surface area (Å²) in [6, 6.07) is 14.8. The van der Waals surface area contributed by atoms with Crippen molar-refractivity contribution in [3.8, 4) is 0 Å². The van der Waals surface area contributed by atoms with Crippen LogP contribution in [-0.4, -0.2) is 23.2 Å². The highest BCUT2D eigenvalue weighted by molar-refractivity contribution is 6.17. The fourth-order valence-electron chi connectivity index (χ4n) is 1.61. The molecule has 0 amide bonds. The van der Waals surface area contributed by atoms with Crippen LogP contribution in [0.25, 0.3) is 10.8 Å². The molecule has 0 N–H and O–H groups in total. The molecule has 2 rings (SSSR count). The van der Waals surface area contributed by atoms with Crippen LogP contribution in [0.3, 0.4) is 0 Å². The van der Waals surface area contributed by atoms with Crippen LogP contribution < -0.4 is 0 Å². The van der Waals surface area contributed by atoms with Gasteiger partial charge in [-0.2, -0.15) is 0 Å². The normalized spacial score (nSPS) is 9.94. The average Bonchev–Trinajstić information content (AvgIpc) is 2.41. The van der Waals surface area contributed by atoms with Gasteiger partial charge in [0.2, 0.25) is 0 Å². The van der Waals surface area contributed by atoms with Gasteiger partial charge in [0, 0.05) is 13.2 Å². The van der Waals surface area contributed by atoms with Crippen LogP contribution in [0.15, 0.2) is 42.5 Å². The van der Waals surface area contributed by atoms with Crippen molar-refractivity contribution in [2.45, 2.75) is 20.8 Å². The Labute approximate surface area is 112 Å². The number of fused-ring (bicyclic) bond motifs is 1. The first-order valence-corrected chi connectivity index (χ1v) is 7.54. The Morgan fingerprint density at radius 1 is 0.889 bits per heavy atom. The standard InChI is InChI=1S/C11H10.C4H12O2Si/c1-9-5-4-7-10-6-2-3-8-11(9)10;1-3-5-7-6-4-2/h2-8H,1H3;3-4,7H2,1-2H3. The molecule has 0 atom stereocenters. The zero-order valence-corrected chi connectivity index (χ0v) is 12.9. The second-order valence-corrected chi connectivity index (χ2v) is 4.95. The zero-order chi connectivity index (χ0) is 13.2. The van der Waals surface area contributed by atoms with Gasteiger partial charge in [-0.15, -0.1) is 0 Å². The van der Waals surface area contributed by atoms with Crippen molar-refractivity contribution >= 4 is 20.8 Å². The van der Waals surface area contributed by atoms with Gasteiger partial charge in [0.25, 0.3) is 0 Å². The van der Waals surface area contributed by atoms with E-state index in [-0.39, 0.29) is 0 Å². The second-order valence-electron chi connectivity index (χ2n) is 3.90. The molecule has 0 saturated heterocycles. The lowest BCUT2D eigenvalue weighted by Crippen LogP contribution is -2.02. The molecule has 3 heteroatoms. The Morgan fingerprint density at radius 3 is 2.11 bits per heavy atom. The van der Waals surface area contributed by atoms with Crippen molar-refractivity contribution in [2.24, 2.45) is 0 Å². The fraction of sp³-hybridized carbons (Fsp3) is 0.333. The fourth-order valence-corrected chi connectivity index (χ4v) is 2.06. The summed E-state index contributed by atoms with van der Waals surface area (Å²) >= 11 is 0. The molecule has 2 aromatic rings. The summed E-state index contributed by atoms with van der Waals surface area (Å²) in [5, 5.41) is 2.68. The molecule has 0 unspecified atom stereocenters. The van der Waals surface area contributed by atoms with Crippen molar-refractivity contribution in [1.29, 1.82) is 0 Å². The summed E-state index contributed by atoms with van der Waals surface area (Å²) in [6.07, 6.45) is 0. The molecule has 0 aliphatic heterocycles. The van der Waals surface area contributed by atoms with Crippen molar-refractivity contribution in [3.05, 3.63) is 48.0 Å². The van der Waals surface area contributed by atoms with Gasteiger partial charge in [-0.3, -0.25) is 0 Å². The number of hydrogen-bond acceptors (Lipinski definition) is 2. The smallest absolute Gasteiger partial charge is 0.304 e. The Bertz CT molecular complexity index is 448. The predicted molar refractivity (Wildman–Crippen MR) is 80.5 cm³/mol. The minimum absolute atomic E-state index is 0.589. The summed E-state index contributed by atoms with van der Waals surface area (Å²) in [6.45, 7) is 7.69. The van der Waals surface area contributed by atoms with Crippen molar-refractivity contribution < 1.29 is 8.85 Å². The van der Waals surface area contributed by atoms with E-state index < -0.39 is 10.0 Å². The van der Waals surface area contributed by atoms with E-state index >= 15 is 0 Å². The van der Waals surface area contributed by atoms with Crippen LogP contribution >= 0.6 is 0 Å². The highest BCUT2D eigenvalue weighted by Crippen LogP contribution is 2.16. The SMILES string of the molecule is CCO[SiH2]OCC.Cc1cccc2ccccc12. The highest BCUT2D eigenvalue weighted by Gasteiger charge is 1.92. The predicted octanol–water partition coefficient (Wildman–Crippen LogP) is 3.21. The first-order chi connectivity index (χ1) is 8.79. The maximum atomic E-state index is 4.99. The lowest BCUT2D eigenvalue weighted by atomic mass is 10.1. The van der Waals surface area contributed by atoms with E-state index in [1.54, 1.807) is 0 Å². The van der Waals surface area contributed by atoms with Gasteiger partial charge in [0.05, 0.1) is 0 Å². The van der Waals surface area contributed by atoms with Crippen LogP contribution in [-0.2, 0) is 8.85 Å². The molecule has 0 saturated carbocycles. The summed E-state index contributed by atoms with van der Waals surface area (Å²) in [4.78, 5) is 0. The molecule has 0 radical (unpaired) electrons. The quantitative estimate of drug-likeness (QED) is 0.622. The highest BCUT2D eigenvalue weighted by atomic mass is 28.3. The zero-order valence-electron chi connectivity index (χ0n) is 11.5. The third-order valence-corrected chi connectivity index (χ3v) is 3.73. The molecule has 2 nitrogen and oxygen atoms in total. The van der Waals surface area contributed by atoms with Gasteiger partial charge in [-0.05, 0) is 37.1 Å². The van der Waals surface area contributed by atoms with E-state index in [2.05, 4.69) is 49.4 Å². The molecule has 98 valence electrons. The van der Waals surface area contributed by atoms with E-state index in [0.717, 1.165) is 13.2 Å².